The minimum atomic E-state index is -0.601. The number of carbonyl (C=O) groups is 3. The van der Waals surface area contributed by atoms with Crippen molar-refractivity contribution in [2.75, 3.05) is 26.2 Å². The van der Waals surface area contributed by atoms with Crippen molar-refractivity contribution in [3.05, 3.63) is 28.5 Å². The van der Waals surface area contributed by atoms with Crippen LogP contribution in [0, 0.1) is 0 Å². The van der Waals surface area contributed by atoms with Crippen molar-refractivity contribution in [3.63, 3.8) is 0 Å². The molecular formula is C15H19BrN4O3. The summed E-state index contributed by atoms with van der Waals surface area (Å²) in [5.41, 5.74) is 0.497. The van der Waals surface area contributed by atoms with Gasteiger partial charge in [-0.15, -0.1) is 0 Å². The van der Waals surface area contributed by atoms with Gasteiger partial charge < -0.3 is 15.1 Å². The second-order valence-corrected chi connectivity index (χ2v) is 6.52. The molecule has 124 valence electrons. The molecule has 1 N–H and O–H groups in total. The molecule has 0 unspecified atom stereocenters. The van der Waals surface area contributed by atoms with Gasteiger partial charge >= 0.3 is 11.8 Å². The number of nitrogens with one attached hydrogen (secondary N) is 1. The van der Waals surface area contributed by atoms with Crippen LogP contribution in [0.4, 0.5) is 0 Å². The summed E-state index contributed by atoms with van der Waals surface area (Å²) in [6, 6.07) is 1.63. The van der Waals surface area contributed by atoms with Crippen molar-refractivity contribution < 1.29 is 14.4 Å². The van der Waals surface area contributed by atoms with E-state index >= 15 is 0 Å². The highest BCUT2D eigenvalue weighted by Gasteiger charge is 2.28. The lowest BCUT2D eigenvalue weighted by molar-refractivity contribution is -0.147. The molecule has 23 heavy (non-hydrogen) atoms. The van der Waals surface area contributed by atoms with Crippen LogP contribution in [0.3, 0.4) is 0 Å². The summed E-state index contributed by atoms with van der Waals surface area (Å²) in [5.74, 6) is -1.27. The predicted molar refractivity (Wildman–Crippen MR) is 87.7 cm³/mol. The van der Waals surface area contributed by atoms with Crippen LogP contribution in [-0.2, 0) is 9.59 Å². The number of halogens is 1. The van der Waals surface area contributed by atoms with E-state index in [0.717, 1.165) is 4.47 Å². The summed E-state index contributed by atoms with van der Waals surface area (Å²) in [6.07, 6.45) is 3.13. The van der Waals surface area contributed by atoms with Gasteiger partial charge in [0.15, 0.2) is 0 Å². The highest BCUT2D eigenvalue weighted by Crippen LogP contribution is 2.13. The summed E-state index contributed by atoms with van der Waals surface area (Å²) in [5, 5.41) is 2.58. The summed E-state index contributed by atoms with van der Waals surface area (Å²) in [4.78, 5) is 43.3. The van der Waals surface area contributed by atoms with Crippen molar-refractivity contribution in [2.24, 2.45) is 0 Å². The first kappa shape index (κ1) is 17.4. The van der Waals surface area contributed by atoms with Gasteiger partial charge in [-0.2, -0.15) is 0 Å². The van der Waals surface area contributed by atoms with Crippen molar-refractivity contribution in [1.29, 1.82) is 0 Å². The van der Waals surface area contributed by atoms with E-state index in [-0.39, 0.29) is 11.9 Å². The number of piperazine rings is 1. The highest BCUT2D eigenvalue weighted by molar-refractivity contribution is 9.10. The molecule has 0 spiro atoms. The average Bonchev–Trinajstić information content (AvgIpc) is 2.53. The van der Waals surface area contributed by atoms with Gasteiger partial charge in [-0.25, -0.2) is 0 Å². The summed E-state index contributed by atoms with van der Waals surface area (Å²) >= 11 is 3.29. The lowest BCUT2D eigenvalue weighted by Gasteiger charge is -2.34. The predicted octanol–water partition coefficient (Wildman–Crippen LogP) is 0.653. The fourth-order valence-corrected chi connectivity index (χ4v) is 2.66. The Hall–Kier alpha value is -1.96. The molecule has 8 heteroatoms. The van der Waals surface area contributed by atoms with Crippen LogP contribution < -0.4 is 5.32 Å². The standard InChI is InChI=1S/C15H19BrN4O3/c1-10(2)18-13(21)15(23)20-5-3-19(4-6-20)14(22)11-7-12(16)9-17-8-11/h7-10H,3-6H2,1-2H3,(H,18,21). The molecule has 0 aliphatic carbocycles. The normalized spacial score (nSPS) is 14.8. The Bertz CT molecular complexity index is 612. The molecule has 0 atom stereocenters. The molecule has 1 aliphatic rings. The van der Waals surface area contributed by atoms with Crippen LogP contribution in [-0.4, -0.2) is 64.7 Å². The smallest absolute Gasteiger partial charge is 0.312 e. The van der Waals surface area contributed by atoms with E-state index in [1.807, 2.05) is 0 Å². The van der Waals surface area contributed by atoms with Crippen LogP contribution >= 0.6 is 15.9 Å². The fraction of sp³-hybridized carbons (Fsp3) is 0.467. The molecule has 0 radical (unpaired) electrons. The van der Waals surface area contributed by atoms with Gasteiger partial charge in [-0.3, -0.25) is 19.4 Å². The van der Waals surface area contributed by atoms with E-state index < -0.39 is 11.8 Å². The maximum Gasteiger partial charge on any atom is 0.312 e. The number of nitrogens with zero attached hydrogens (tertiary/aromatic N) is 3. The molecule has 1 fully saturated rings. The van der Waals surface area contributed by atoms with Crippen LogP contribution in [0.5, 0.6) is 0 Å². The molecule has 1 aromatic rings. The molecule has 0 aromatic carbocycles. The summed E-state index contributed by atoms with van der Waals surface area (Å²) in [7, 11) is 0. The van der Waals surface area contributed by atoms with Gasteiger partial charge in [-0.05, 0) is 35.8 Å². The molecule has 1 aliphatic heterocycles. The van der Waals surface area contributed by atoms with E-state index in [9.17, 15) is 14.4 Å². The number of rotatable bonds is 2. The van der Waals surface area contributed by atoms with Crippen molar-refractivity contribution in [3.8, 4) is 0 Å². The second-order valence-electron chi connectivity index (χ2n) is 5.60. The summed E-state index contributed by atoms with van der Waals surface area (Å²) in [6.45, 7) is 5.08. The van der Waals surface area contributed by atoms with Crippen LogP contribution in [0.2, 0.25) is 0 Å². The van der Waals surface area contributed by atoms with E-state index in [1.54, 1.807) is 31.0 Å². The van der Waals surface area contributed by atoms with Gasteiger partial charge in [0.1, 0.15) is 0 Å². The van der Waals surface area contributed by atoms with Gasteiger partial charge in [0.2, 0.25) is 0 Å². The lowest BCUT2D eigenvalue weighted by atomic mass is 10.2. The topological polar surface area (TPSA) is 82.6 Å². The summed E-state index contributed by atoms with van der Waals surface area (Å²) < 4.78 is 0.738. The van der Waals surface area contributed by atoms with Crippen molar-refractivity contribution in [1.82, 2.24) is 20.1 Å². The first-order chi connectivity index (χ1) is 10.9. The molecule has 7 nitrogen and oxygen atoms in total. The van der Waals surface area contributed by atoms with Crippen molar-refractivity contribution in [2.45, 2.75) is 19.9 Å². The molecule has 2 heterocycles. The van der Waals surface area contributed by atoms with E-state index in [4.69, 9.17) is 0 Å². The number of hydrogen-bond donors (Lipinski definition) is 1. The number of amides is 3. The molecule has 0 bridgehead atoms. The number of aromatic nitrogens is 1. The van der Waals surface area contributed by atoms with Crippen LogP contribution in [0.1, 0.15) is 24.2 Å². The minimum Gasteiger partial charge on any atom is -0.346 e. The zero-order valence-corrected chi connectivity index (χ0v) is 14.7. The Morgan fingerprint density at radius 1 is 1.13 bits per heavy atom. The first-order valence-corrected chi connectivity index (χ1v) is 8.17. The average molecular weight is 383 g/mol. The van der Waals surface area contributed by atoms with E-state index in [2.05, 4.69) is 26.2 Å². The number of pyridine rings is 1. The Morgan fingerprint density at radius 2 is 1.74 bits per heavy atom. The zero-order valence-electron chi connectivity index (χ0n) is 13.1. The molecule has 3 amide bonds. The van der Waals surface area contributed by atoms with Gasteiger partial charge in [0.05, 0.1) is 5.56 Å². The third-order valence-corrected chi connectivity index (χ3v) is 3.85. The Balaban J connectivity index is 1.92. The van der Waals surface area contributed by atoms with Gasteiger partial charge in [0, 0.05) is 49.1 Å². The van der Waals surface area contributed by atoms with Crippen LogP contribution in [0.25, 0.3) is 0 Å². The largest absolute Gasteiger partial charge is 0.346 e. The quantitative estimate of drug-likeness (QED) is 0.761. The maximum atomic E-state index is 12.4. The number of carbonyl (C=O) groups excluding carboxylic acids is 3. The molecule has 0 saturated carbocycles. The third-order valence-electron chi connectivity index (χ3n) is 3.42. The van der Waals surface area contributed by atoms with Crippen LogP contribution in [0.15, 0.2) is 22.9 Å². The molecular weight excluding hydrogens is 364 g/mol. The van der Waals surface area contributed by atoms with Gasteiger partial charge in [0.25, 0.3) is 5.91 Å². The molecule has 2 rings (SSSR count). The Labute approximate surface area is 143 Å². The minimum absolute atomic E-state index is 0.0849. The molecule has 1 saturated heterocycles. The fourth-order valence-electron chi connectivity index (χ4n) is 2.29. The molecule has 1 aromatic heterocycles. The van der Waals surface area contributed by atoms with E-state index in [0.29, 0.717) is 31.7 Å². The Kier molecular flexibility index (Phi) is 5.70. The lowest BCUT2D eigenvalue weighted by Crippen LogP contribution is -2.54. The van der Waals surface area contributed by atoms with Gasteiger partial charge in [-0.1, -0.05) is 0 Å². The zero-order chi connectivity index (χ0) is 17.0. The second kappa shape index (κ2) is 7.54. The van der Waals surface area contributed by atoms with E-state index in [1.165, 1.54) is 11.1 Å². The first-order valence-electron chi connectivity index (χ1n) is 7.38. The number of hydrogen-bond acceptors (Lipinski definition) is 4. The SMILES string of the molecule is CC(C)NC(=O)C(=O)N1CCN(C(=O)c2cncc(Br)c2)CC1. The van der Waals surface area contributed by atoms with Crippen molar-refractivity contribution >= 4 is 33.7 Å². The third kappa shape index (κ3) is 4.51. The highest BCUT2D eigenvalue weighted by atomic mass is 79.9. The Morgan fingerprint density at radius 3 is 2.30 bits per heavy atom. The maximum absolute atomic E-state index is 12.4. The monoisotopic (exact) mass is 382 g/mol.